The lowest BCUT2D eigenvalue weighted by Crippen LogP contribution is -2.49. The molecule has 2 fully saturated rings. The van der Waals surface area contributed by atoms with E-state index in [1.807, 2.05) is 0 Å². The molecule has 0 aromatic heterocycles. The molecular formula is C14H26N2O2. The van der Waals surface area contributed by atoms with Crippen molar-refractivity contribution < 1.29 is 9.90 Å². The predicted molar refractivity (Wildman–Crippen MR) is 71.3 cm³/mol. The number of amides is 1. The lowest BCUT2D eigenvalue weighted by Gasteiger charge is -2.24. The Morgan fingerprint density at radius 2 is 1.72 bits per heavy atom. The van der Waals surface area contributed by atoms with Gasteiger partial charge in [0.2, 0.25) is 0 Å². The number of rotatable bonds is 3. The average Bonchev–Trinajstić information content (AvgIpc) is 2.85. The quantitative estimate of drug-likeness (QED) is 0.712. The Morgan fingerprint density at radius 1 is 1.06 bits per heavy atom. The molecule has 2 aliphatic rings. The van der Waals surface area contributed by atoms with E-state index in [0.717, 1.165) is 32.2 Å². The lowest BCUT2D eigenvalue weighted by atomic mass is 9.96. The van der Waals surface area contributed by atoms with E-state index in [0.29, 0.717) is 0 Å². The molecule has 1 unspecified atom stereocenters. The molecule has 4 nitrogen and oxygen atoms in total. The summed E-state index contributed by atoms with van der Waals surface area (Å²) in [6.07, 6.45) is 9.49. The standard InChI is InChI=1S/C14H26N2O2/c17-13(12-9-6-10-15-12)14(18)16-11-7-4-2-1-3-5-8-11/h11-13,15,17H,1-10H2,(H,16,18)/t12-,13?/m0/s1. The lowest BCUT2D eigenvalue weighted by molar-refractivity contribution is -0.131. The summed E-state index contributed by atoms with van der Waals surface area (Å²) >= 11 is 0. The van der Waals surface area contributed by atoms with Crippen molar-refractivity contribution in [2.75, 3.05) is 6.54 Å². The molecule has 1 heterocycles. The Balaban J connectivity index is 1.77. The number of hydrogen-bond acceptors (Lipinski definition) is 3. The van der Waals surface area contributed by atoms with Crippen LogP contribution in [0.2, 0.25) is 0 Å². The van der Waals surface area contributed by atoms with Crippen LogP contribution in [-0.4, -0.2) is 35.7 Å². The molecule has 1 aliphatic heterocycles. The van der Waals surface area contributed by atoms with E-state index in [-0.39, 0.29) is 18.0 Å². The van der Waals surface area contributed by atoms with E-state index < -0.39 is 6.10 Å². The molecule has 0 bridgehead atoms. The summed E-state index contributed by atoms with van der Waals surface area (Å²) < 4.78 is 0. The van der Waals surface area contributed by atoms with Crippen molar-refractivity contribution in [3.8, 4) is 0 Å². The van der Waals surface area contributed by atoms with Crippen LogP contribution in [0.1, 0.15) is 57.8 Å². The highest BCUT2D eigenvalue weighted by Crippen LogP contribution is 2.17. The number of hydrogen-bond donors (Lipinski definition) is 3. The van der Waals surface area contributed by atoms with E-state index in [1.165, 1.54) is 32.1 Å². The second-order valence-electron chi connectivity index (χ2n) is 5.70. The Kier molecular flexibility index (Phi) is 5.45. The summed E-state index contributed by atoms with van der Waals surface area (Å²) in [6, 6.07) is 0.229. The number of carbonyl (C=O) groups is 1. The smallest absolute Gasteiger partial charge is 0.250 e. The maximum absolute atomic E-state index is 12.0. The van der Waals surface area contributed by atoms with Crippen molar-refractivity contribution in [2.45, 2.75) is 76.0 Å². The zero-order chi connectivity index (χ0) is 12.8. The van der Waals surface area contributed by atoms with Gasteiger partial charge in [0.1, 0.15) is 6.10 Å². The van der Waals surface area contributed by atoms with Gasteiger partial charge in [0, 0.05) is 12.1 Å². The zero-order valence-electron chi connectivity index (χ0n) is 11.2. The highest BCUT2D eigenvalue weighted by molar-refractivity contribution is 5.81. The fourth-order valence-corrected chi connectivity index (χ4v) is 3.05. The Bertz CT molecular complexity index is 257. The predicted octanol–water partition coefficient (Wildman–Crippen LogP) is 1.33. The van der Waals surface area contributed by atoms with Crippen molar-refractivity contribution in [1.29, 1.82) is 0 Å². The highest BCUT2D eigenvalue weighted by atomic mass is 16.3. The third-order valence-corrected chi connectivity index (χ3v) is 4.20. The molecule has 3 N–H and O–H groups in total. The van der Waals surface area contributed by atoms with Gasteiger partial charge < -0.3 is 15.7 Å². The largest absolute Gasteiger partial charge is 0.382 e. The average molecular weight is 254 g/mol. The first-order chi connectivity index (χ1) is 8.77. The van der Waals surface area contributed by atoms with Gasteiger partial charge in [0.25, 0.3) is 5.91 Å². The summed E-state index contributed by atoms with van der Waals surface area (Å²) in [4.78, 5) is 12.0. The van der Waals surface area contributed by atoms with Gasteiger partial charge in [-0.1, -0.05) is 32.1 Å². The van der Waals surface area contributed by atoms with Crippen LogP contribution in [0.15, 0.2) is 0 Å². The summed E-state index contributed by atoms with van der Waals surface area (Å²) in [7, 11) is 0. The van der Waals surface area contributed by atoms with Gasteiger partial charge in [0.15, 0.2) is 0 Å². The zero-order valence-corrected chi connectivity index (χ0v) is 11.2. The van der Waals surface area contributed by atoms with Crippen LogP contribution in [0.3, 0.4) is 0 Å². The maximum atomic E-state index is 12.0. The van der Waals surface area contributed by atoms with Gasteiger partial charge in [-0.25, -0.2) is 0 Å². The molecule has 4 heteroatoms. The minimum absolute atomic E-state index is 0.0430. The molecular weight excluding hydrogens is 228 g/mol. The molecule has 0 radical (unpaired) electrons. The highest BCUT2D eigenvalue weighted by Gasteiger charge is 2.29. The van der Waals surface area contributed by atoms with E-state index >= 15 is 0 Å². The van der Waals surface area contributed by atoms with E-state index in [4.69, 9.17) is 0 Å². The second kappa shape index (κ2) is 7.10. The molecule has 2 atom stereocenters. The molecule has 0 aromatic rings. The van der Waals surface area contributed by atoms with Crippen molar-refractivity contribution in [3.63, 3.8) is 0 Å². The number of carbonyl (C=O) groups excluding carboxylic acids is 1. The van der Waals surface area contributed by atoms with Crippen molar-refractivity contribution >= 4 is 5.91 Å². The minimum atomic E-state index is -0.877. The molecule has 1 aliphatic carbocycles. The maximum Gasteiger partial charge on any atom is 0.250 e. The molecule has 0 aromatic carbocycles. The Hall–Kier alpha value is -0.610. The number of aliphatic hydroxyl groups excluding tert-OH is 1. The molecule has 1 saturated heterocycles. The van der Waals surface area contributed by atoms with Crippen LogP contribution >= 0.6 is 0 Å². The fourth-order valence-electron chi connectivity index (χ4n) is 3.05. The summed E-state index contributed by atoms with van der Waals surface area (Å²) in [6.45, 7) is 0.915. The normalized spacial score (nSPS) is 28.4. The van der Waals surface area contributed by atoms with Gasteiger partial charge in [-0.3, -0.25) is 4.79 Å². The van der Waals surface area contributed by atoms with E-state index in [9.17, 15) is 9.90 Å². The first-order valence-electron chi connectivity index (χ1n) is 7.49. The fraction of sp³-hybridized carbons (Fsp3) is 0.929. The van der Waals surface area contributed by atoms with Crippen molar-refractivity contribution in [2.24, 2.45) is 0 Å². The monoisotopic (exact) mass is 254 g/mol. The van der Waals surface area contributed by atoms with Crippen molar-refractivity contribution in [3.05, 3.63) is 0 Å². The minimum Gasteiger partial charge on any atom is -0.382 e. The van der Waals surface area contributed by atoms with Crippen LogP contribution < -0.4 is 10.6 Å². The summed E-state index contributed by atoms with van der Waals surface area (Å²) in [5.41, 5.74) is 0. The van der Waals surface area contributed by atoms with Crippen LogP contribution in [0.25, 0.3) is 0 Å². The van der Waals surface area contributed by atoms with Gasteiger partial charge in [-0.15, -0.1) is 0 Å². The number of aliphatic hydroxyl groups is 1. The first-order valence-corrected chi connectivity index (χ1v) is 7.49. The van der Waals surface area contributed by atoms with Gasteiger partial charge >= 0.3 is 0 Å². The Morgan fingerprint density at radius 3 is 2.33 bits per heavy atom. The van der Waals surface area contributed by atoms with E-state index in [1.54, 1.807) is 0 Å². The molecule has 18 heavy (non-hydrogen) atoms. The summed E-state index contributed by atoms with van der Waals surface area (Å²) in [5.74, 6) is -0.181. The van der Waals surface area contributed by atoms with Crippen LogP contribution in [-0.2, 0) is 4.79 Å². The van der Waals surface area contributed by atoms with Crippen molar-refractivity contribution in [1.82, 2.24) is 10.6 Å². The number of nitrogens with one attached hydrogen (secondary N) is 2. The molecule has 0 spiro atoms. The third kappa shape index (κ3) is 3.95. The van der Waals surface area contributed by atoms with Gasteiger partial charge in [-0.05, 0) is 32.2 Å². The topological polar surface area (TPSA) is 61.4 Å². The SMILES string of the molecule is O=C(NC1CCCCCCC1)C(O)[C@@H]1CCCN1. The van der Waals surface area contributed by atoms with Gasteiger partial charge in [0.05, 0.1) is 0 Å². The second-order valence-corrected chi connectivity index (χ2v) is 5.70. The third-order valence-electron chi connectivity index (χ3n) is 4.20. The molecule has 2 rings (SSSR count). The first kappa shape index (κ1) is 13.8. The molecule has 104 valence electrons. The van der Waals surface area contributed by atoms with E-state index in [2.05, 4.69) is 10.6 Å². The molecule has 1 amide bonds. The Labute approximate surface area is 110 Å². The van der Waals surface area contributed by atoms with Crippen LogP contribution in [0.4, 0.5) is 0 Å². The van der Waals surface area contributed by atoms with Crippen LogP contribution in [0.5, 0.6) is 0 Å². The van der Waals surface area contributed by atoms with Crippen LogP contribution in [0, 0.1) is 0 Å². The summed E-state index contributed by atoms with van der Waals surface area (Å²) in [5, 5.41) is 16.2. The van der Waals surface area contributed by atoms with Gasteiger partial charge in [-0.2, -0.15) is 0 Å². The molecule has 1 saturated carbocycles.